The Kier molecular flexibility index (Phi) is 2.48. The smallest absolute Gasteiger partial charge is 0.272 e. The molecular weight excluding hydrogens is 216 g/mol. The average Bonchev–Trinajstić information content (AvgIpc) is 2.74. The second-order valence-corrected chi connectivity index (χ2v) is 4.68. The van der Waals surface area contributed by atoms with Crippen LogP contribution in [0.1, 0.15) is 30.1 Å². The standard InChI is InChI=1S/C12H16N4O/c1-8-5-12(17)16-11(14-8)6-10(15-16)9-3-2-4-13-7-9/h5-6,9,13,15H,2-4,7H2,1H3/t9-/m0/s1. The zero-order valence-electron chi connectivity index (χ0n) is 9.86. The Balaban J connectivity index is 2.06. The molecule has 2 N–H and O–H groups in total. The summed E-state index contributed by atoms with van der Waals surface area (Å²) in [4.78, 5) is 16.1. The fourth-order valence-corrected chi connectivity index (χ4v) is 2.46. The van der Waals surface area contributed by atoms with E-state index in [4.69, 9.17) is 0 Å². The van der Waals surface area contributed by atoms with Crippen molar-refractivity contribution in [1.82, 2.24) is 19.9 Å². The van der Waals surface area contributed by atoms with Gasteiger partial charge in [-0.05, 0) is 26.3 Å². The van der Waals surface area contributed by atoms with Crippen molar-refractivity contribution < 1.29 is 0 Å². The van der Waals surface area contributed by atoms with Gasteiger partial charge >= 0.3 is 0 Å². The molecule has 0 amide bonds. The SMILES string of the molecule is Cc1cc(=O)n2[nH]c([C@H]3CCCNC3)cc2n1. The first-order valence-electron chi connectivity index (χ1n) is 6.04. The van der Waals surface area contributed by atoms with E-state index >= 15 is 0 Å². The first-order valence-corrected chi connectivity index (χ1v) is 6.04. The van der Waals surface area contributed by atoms with E-state index in [2.05, 4.69) is 15.4 Å². The molecule has 1 saturated heterocycles. The number of hydrogen-bond donors (Lipinski definition) is 2. The summed E-state index contributed by atoms with van der Waals surface area (Å²) >= 11 is 0. The van der Waals surface area contributed by atoms with Gasteiger partial charge in [0.25, 0.3) is 5.56 Å². The van der Waals surface area contributed by atoms with Crippen LogP contribution in [0.5, 0.6) is 0 Å². The van der Waals surface area contributed by atoms with Crippen molar-refractivity contribution in [2.24, 2.45) is 0 Å². The minimum Gasteiger partial charge on any atom is -0.316 e. The van der Waals surface area contributed by atoms with Crippen LogP contribution in [0.4, 0.5) is 0 Å². The molecule has 0 aromatic carbocycles. The van der Waals surface area contributed by atoms with Crippen molar-refractivity contribution in [2.45, 2.75) is 25.7 Å². The lowest BCUT2D eigenvalue weighted by Gasteiger charge is -2.21. The van der Waals surface area contributed by atoms with E-state index in [0.717, 1.165) is 36.5 Å². The molecule has 0 aliphatic carbocycles. The van der Waals surface area contributed by atoms with Gasteiger partial charge in [-0.1, -0.05) is 0 Å². The van der Waals surface area contributed by atoms with Crippen LogP contribution in [0, 0.1) is 6.92 Å². The molecule has 0 radical (unpaired) electrons. The topological polar surface area (TPSA) is 62.2 Å². The molecule has 90 valence electrons. The lowest BCUT2D eigenvalue weighted by atomic mass is 9.96. The fourth-order valence-electron chi connectivity index (χ4n) is 2.46. The van der Waals surface area contributed by atoms with E-state index in [0.29, 0.717) is 5.92 Å². The molecule has 1 aliphatic heterocycles. The molecule has 17 heavy (non-hydrogen) atoms. The molecule has 1 atom stereocenters. The third-order valence-corrected chi connectivity index (χ3v) is 3.33. The monoisotopic (exact) mass is 232 g/mol. The number of nitrogens with zero attached hydrogens (tertiary/aromatic N) is 2. The molecule has 3 rings (SSSR count). The largest absolute Gasteiger partial charge is 0.316 e. The summed E-state index contributed by atoms with van der Waals surface area (Å²) in [5.74, 6) is 0.463. The van der Waals surface area contributed by atoms with Crippen molar-refractivity contribution in [3.05, 3.63) is 33.9 Å². The molecule has 1 aliphatic rings. The molecule has 0 bridgehead atoms. The van der Waals surface area contributed by atoms with Gasteiger partial charge in [0.15, 0.2) is 5.65 Å². The van der Waals surface area contributed by atoms with E-state index in [1.807, 2.05) is 13.0 Å². The van der Waals surface area contributed by atoms with Gasteiger partial charge in [0.05, 0.1) is 0 Å². The maximum atomic E-state index is 11.8. The predicted molar refractivity (Wildman–Crippen MR) is 65.4 cm³/mol. The highest BCUT2D eigenvalue weighted by atomic mass is 16.1. The molecule has 2 aromatic heterocycles. The van der Waals surface area contributed by atoms with E-state index in [-0.39, 0.29) is 5.56 Å². The van der Waals surface area contributed by atoms with E-state index in [1.54, 1.807) is 6.07 Å². The molecule has 3 heterocycles. The van der Waals surface area contributed by atoms with Crippen molar-refractivity contribution in [1.29, 1.82) is 0 Å². The average molecular weight is 232 g/mol. The number of H-pyrrole nitrogens is 1. The van der Waals surface area contributed by atoms with Crippen LogP contribution in [0.3, 0.4) is 0 Å². The lowest BCUT2D eigenvalue weighted by molar-refractivity contribution is 0.453. The number of nitrogens with one attached hydrogen (secondary N) is 2. The van der Waals surface area contributed by atoms with Gasteiger partial charge in [0.2, 0.25) is 0 Å². The third kappa shape index (κ3) is 1.86. The third-order valence-electron chi connectivity index (χ3n) is 3.33. The predicted octanol–water partition coefficient (Wildman–Crippen LogP) is 0.798. The zero-order valence-corrected chi connectivity index (χ0v) is 9.86. The Morgan fingerprint density at radius 1 is 1.47 bits per heavy atom. The van der Waals surface area contributed by atoms with E-state index in [1.165, 1.54) is 10.9 Å². The summed E-state index contributed by atoms with van der Waals surface area (Å²) < 4.78 is 1.52. The molecular formula is C12H16N4O. The van der Waals surface area contributed by atoms with Crippen molar-refractivity contribution in [3.63, 3.8) is 0 Å². The van der Waals surface area contributed by atoms with Gasteiger partial charge in [0.1, 0.15) is 0 Å². The number of aromatic nitrogens is 3. The van der Waals surface area contributed by atoms with Gasteiger partial charge in [-0.3, -0.25) is 9.89 Å². The van der Waals surface area contributed by atoms with Crippen LogP contribution >= 0.6 is 0 Å². The van der Waals surface area contributed by atoms with E-state index in [9.17, 15) is 4.79 Å². The van der Waals surface area contributed by atoms with Gasteiger partial charge < -0.3 is 5.32 Å². The highest BCUT2D eigenvalue weighted by molar-refractivity contribution is 5.40. The van der Waals surface area contributed by atoms with Crippen molar-refractivity contribution >= 4 is 5.65 Å². The number of hydrogen-bond acceptors (Lipinski definition) is 3. The Morgan fingerprint density at radius 2 is 2.35 bits per heavy atom. The fraction of sp³-hybridized carbons (Fsp3) is 0.500. The summed E-state index contributed by atoms with van der Waals surface area (Å²) in [5.41, 5.74) is 2.55. The molecule has 5 nitrogen and oxygen atoms in total. The van der Waals surface area contributed by atoms with Gasteiger partial charge in [-0.15, -0.1) is 0 Å². The molecule has 0 saturated carbocycles. The summed E-state index contributed by atoms with van der Waals surface area (Å²) in [5, 5.41) is 6.54. The van der Waals surface area contributed by atoms with Crippen LogP contribution in [0.25, 0.3) is 5.65 Å². The second kappa shape index (κ2) is 4.00. The molecule has 0 unspecified atom stereocenters. The highest BCUT2D eigenvalue weighted by Crippen LogP contribution is 2.22. The minimum absolute atomic E-state index is 0.0393. The Bertz CT molecular complexity index is 592. The van der Waals surface area contributed by atoms with Crippen LogP contribution in [-0.4, -0.2) is 27.7 Å². The van der Waals surface area contributed by atoms with Crippen molar-refractivity contribution in [3.8, 4) is 0 Å². The molecule has 5 heteroatoms. The summed E-state index contributed by atoms with van der Waals surface area (Å²) in [6.45, 7) is 3.91. The Morgan fingerprint density at radius 3 is 3.12 bits per heavy atom. The summed E-state index contributed by atoms with van der Waals surface area (Å²) in [6, 6.07) is 3.54. The van der Waals surface area contributed by atoms with Crippen LogP contribution in [-0.2, 0) is 0 Å². The van der Waals surface area contributed by atoms with Crippen LogP contribution in [0.15, 0.2) is 16.9 Å². The highest BCUT2D eigenvalue weighted by Gasteiger charge is 2.17. The van der Waals surface area contributed by atoms with Gasteiger partial charge in [-0.2, -0.15) is 0 Å². The van der Waals surface area contributed by atoms with Crippen LogP contribution < -0.4 is 10.9 Å². The number of aryl methyl sites for hydroxylation is 1. The number of aromatic amines is 1. The van der Waals surface area contributed by atoms with Crippen molar-refractivity contribution in [2.75, 3.05) is 13.1 Å². The first-order chi connectivity index (χ1) is 8.24. The summed E-state index contributed by atoms with van der Waals surface area (Å²) in [6.07, 6.45) is 2.34. The van der Waals surface area contributed by atoms with Gasteiger partial charge in [-0.25, -0.2) is 9.50 Å². The maximum Gasteiger partial charge on any atom is 0.272 e. The Hall–Kier alpha value is -1.62. The number of fused-ring (bicyclic) bond motifs is 1. The van der Waals surface area contributed by atoms with E-state index < -0.39 is 0 Å². The lowest BCUT2D eigenvalue weighted by Crippen LogP contribution is -2.28. The quantitative estimate of drug-likeness (QED) is 0.764. The molecule has 0 spiro atoms. The normalized spacial score (nSPS) is 20.9. The zero-order chi connectivity index (χ0) is 11.8. The number of piperidine rings is 1. The van der Waals surface area contributed by atoms with Gasteiger partial charge in [0, 0.05) is 36.0 Å². The minimum atomic E-state index is -0.0393. The Labute approximate surface area is 98.9 Å². The summed E-state index contributed by atoms with van der Waals surface area (Å²) in [7, 11) is 0. The molecule has 1 fully saturated rings. The first kappa shape index (κ1) is 10.5. The number of rotatable bonds is 1. The molecule has 2 aromatic rings. The second-order valence-electron chi connectivity index (χ2n) is 4.68. The maximum absolute atomic E-state index is 11.8. The van der Waals surface area contributed by atoms with Crippen LogP contribution in [0.2, 0.25) is 0 Å².